The number of carbonyl (C=O) groups excluding carboxylic acids is 1. The number of amides is 1. The molecular formula is C18H27N3O. The molecule has 1 aliphatic carbocycles. The van der Waals surface area contributed by atoms with Crippen LogP contribution in [0, 0.1) is 5.92 Å². The van der Waals surface area contributed by atoms with E-state index in [0.29, 0.717) is 11.9 Å². The third-order valence-electron chi connectivity index (χ3n) is 5.07. The van der Waals surface area contributed by atoms with Gasteiger partial charge in [-0.3, -0.25) is 9.69 Å². The van der Waals surface area contributed by atoms with Gasteiger partial charge in [-0.1, -0.05) is 30.3 Å². The Balaban J connectivity index is 1.55. The minimum absolute atomic E-state index is 0.165. The fourth-order valence-corrected chi connectivity index (χ4v) is 3.82. The maximum atomic E-state index is 12.7. The number of piperazine rings is 1. The Kier molecular flexibility index (Phi) is 4.79. The predicted octanol–water partition coefficient (Wildman–Crippen LogP) is 1.85. The monoisotopic (exact) mass is 301 g/mol. The van der Waals surface area contributed by atoms with Crippen molar-refractivity contribution >= 4 is 5.91 Å². The molecule has 4 nitrogen and oxygen atoms in total. The van der Waals surface area contributed by atoms with E-state index in [1.165, 1.54) is 5.56 Å². The summed E-state index contributed by atoms with van der Waals surface area (Å²) in [7, 11) is 0. The van der Waals surface area contributed by atoms with E-state index in [1.807, 2.05) is 0 Å². The largest absolute Gasteiger partial charge is 0.337 e. The number of benzene rings is 1. The molecule has 2 aliphatic rings. The summed E-state index contributed by atoms with van der Waals surface area (Å²) in [5.74, 6) is 0.498. The van der Waals surface area contributed by atoms with Gasteiger partial charge in [0, 0.05) is 44.2 Å². The fourth-order valence-electron chi connectivity index (χ4n) is 3.82. The molecule has 0 spiro atoms. The normalized spacial score (nSPS) is 29.7. The highest BCUT2D eigenvalue weighted by molar-refractivity contribution is 5.79. The summed E-state index contributed by atoms with van der Waals surface area (Å²) >= 11 is 0. The molecule has 1 saturated heterocycles. The van der Waals surface area contributed by atoms with E-state index >= 15 is 0 Å². The molecule has 0 bridgehead atoms. The second-order valence-corrected chi connectivity index (χ2v) is 6.87. The Morgan fingerprint density at radius 2 is 2.00 bits per heavy atom. The van der Waals surface area contributed by atoms with Crippen LogP contribution in [0.15, 0.2) is 30.3 Å². The molecule has 0 aromatic heterocycles. The molecule has 2 N–H and O–H groups in total. The maximum Gasteiger partial charge on any atom is 0.226 e. The van der Waals surface area contributed by atoms with Gasteiger partial charge in [-0.15, -0.1) is 0 Å². The van der Waals surface area contributed by atoms with Crippen molar-refractivity contribution in [1.82, 2.24) is 9.80 Å². The molecule has 1 aromatic carbocycles. The zero-order chi connectivity index (χ0) is 15.5. The van der Waals surface area contributed by atoms with Crippen LogP contribution in [0.3, 0.4) is 0 Å². The van der Waals surface area contributed by atoms with Crippen LogP contribution in [0.1, 0.15) is 31.7 Å². The van der Waals surface area contributed by atoms with E-state index in [4.69, 9.17) is 5.73 Å². The van der Waals surface area contributed by atoms with Gasteiger partial charge in [0.25, 0.3) is 0 Å². The first-order valence-corrected chi connectivity index (χ1v) is 8.46. The summed E-state index contributed by atoms with van der Waals surface area (Å²) in [6, 6.07) is 11.1. The van der Waals surface area contributed by atoms with Gasteiger partial charge in [0.1, 0.15) is 0 Å². The van der Waals surface area contributed by atoms with Gasteiger partial charge in [0.15, 0.2) is 0 Å². The topological polar surface area (TPSA) is 49.6 Å². The van der Waals surface area contributed by atoms with E-state index in [0.717, 1.165) is 45.4 Å². The molecule has 1 amide bonds. The van der Waals surface area contributed by atoms with E-state index < -0.39 is 0 Å². The Hall–Kier alpha value is -1.39. The molecule has 120 valence electrons. The van der Waals surface area contributed by atoms with Crippen molar-refractivity contribution in [1.29, 1.82) is 0 Å². The highest BCUT2D eigenvalue weighted by Gasteiger charge is 2.35. The zero-order valence-corrected chi connectivity index (χ0v) is 13.4. The third kappa shape index (κ3) is 3.50. The first-order chi connectivity index (χ1) is 10.6. The van der Waals surface area contributed by atoms with Crippen molar-refractivity contribution in [3.05, 3.63) is 35.9 Å². The van der Waals surface area contributed by atoms with Crippen LogP contribution in [0.2, 0.25) is 0 Å². The average molecular weight is 301 g/mol. The standard InChI is InChI=1S/C18H27N3O/c1-14-12-20(13-15-5-3-2-4-6-15)9-10-21(14)18(22)16-7-8-17(19)11-16/h2-6,14,16-17H,7-13,19H2,1H3/t14-,16-,17+/m1/s1. The Labute approximate surface area is 133 Å². The first kappa shape index (κ1) is 15.5. The summed E-state index contributed by atoms with van der Waals surface area (Å²) in [5.41, 5.74) is 7.30. The summed E-state index contributed by atoms with van der Waals surface area (Å²) in [4.78, 5) is 17.2. The smallest absolute Gasteiger partial charge is 0.226 e. The summed E-state index contributed by atoms with van der Waals surface area (Å²) in [6.07, 6.45) is 2.84. The first-order valence-electron chi connectivity index (χ1n) is 8.46. The third-order valence-corrected chi connectivity index (χ3v) is 5.07. The van der Waals surface area contributed by atoms with Crippen LogP contribution in [0.5, 0.6) is 0 Å². The predicted molar refractivity (Wildman–Crippen MR) is 88.2 cm³/mol. The van der Waals surface area contributed by atoms with Crippen LogP contribution < -0.4 is 5.73 Å². The summed E-state index contributed by atoms with van der Waals surface area (Å²) in [5, 5.41) is 0. The van der Waals surface area contributed by atoms with Gasteiger partial charge in [-0.2, -0.15) is 0 Å². The van der Waals surface area contributed by atoms with Crippen LogP contribution in [0.4, 0.5) is 0 Å². The summed E-state index contributed by atoms with van der Waals surface area (Å²) in [6.45, 7) is 5.91. The quantitative estimate of drug-likeness (QED) is 0.927. The van der Waals surface area contributed by atoms with E-state index in [2.05, 4.69) is 47.1 Å². The Bertz CT molecular complexity index is 504. The van der Waals surface area contributed by atoms with Gasteiger partial charge in [-0.05, 0) is 31.7 Å². The summed E-state index contributed by atoms with van der Waals surface area (Å²) < 4.78 is 0. The molecule has 1 saturated carbocycles. The minimum atomic E-state index is 0.165. The molecular weight excluding hydrogens is 274 g/mol. The molecule has 3 rings (SSSR count). The lowest BCUT2D eigenvalue weighted by atomic mass is 10.0. The van der Waals surface area contributed by atoms with Gasteiger partial charge < -0.3 is 10.6 Å². The number of hydrogen-bond acceptors (Lipinski definition) is 3. The second kappa shape index (κ2) is 6.80. The highest BCUT2D eigenvalue weighted by Crippen LogP contribution is 2.27. The zero-order valence-electron chi connectivity index (χ0n) is 13.4. The van der Waals surface area contributed by atoms with Crippen molar-refractivity contribution in [2.24, 2.45) is 11.7 Å². The molecule has 2 fully saturated rings. The van der Waals surface area contributed by atoms with Crippen molar-refractivity contribution < 1.29 is 4.79 Å². The molecule has 4 heteroatoms. The molecule has 3 atom stereocenters. The molecule has 22 heavy (non-hydrogen) atoms. The number of nitrogens with two attached hydrogens (primary N) is 1. The van der Waals surface area contributed by atoms with Crippen molar-refractivity contribution in [3.63, 3.8) is 0 Å². The lowest BCUT2D eigenvalue weighted by molar-refractivity contribution is -0.140. The second-order valence-electron chi connectivity index (χ2n) is 6.87. The molecule has 1 heterocycles. The average Bonchev–Trinajstić information content (AvgIpc) is 2.94. The molecule has 1 aliphatic heterocycles. The van der Waals surface area contributed by atoms with E-state index in [-0.39, 0.29) is 12.0 Å². The highest BCUT2D eigenvalue weighted by atomic mass is 16.2. The fraction of sp³-hybridized carbons (Fsp3) is 0.611. The lowest BCUT2D eigenvalue weighted by Gasteiger charge is -2.41. The van der Waals surface area contributed by atoms with Crippen LogP contribution in [-0.4, -0.2) is 47.4 Å². The van der Waals surface area contributed by atoms with E-state index in [9.17, 15) is 4.79 Å². The Morgan fingerprint density at radius 3 is 2.64 bits per heavy atom. The van der Waals surface area contributed by atoms with Crippen LogP contribution >= 0.6 is 0 Å². The number of nitrogens with zero attached hydrogens (tertiary/aromatic N) is 2. The van der Waals surface area contributed by atoms with Crippen LogP contribution in [-0.2, 0) is 11.3 Å². The number of carbonyl (C=O) groups is 1. The molecule has 0 radical (unpaired) electrons. The van der Waals surface area contributed by atoms with E-state index in [1.54, 1.807) is 0 Å². The lowest BCUT2D eigenvalue weighted by Crippen LogP contribution is -2.54. The number of hydrogen-bond donors (Lipinski definition) is 1. The van der Waals surface area contributed by atoms with Crippen molar-refractivity contribution in [3.8, 4) is 0 Å². The van der Waals surface area contributed by atoms with Crippen LogP contribution in [0.25, 0.3) is 0 Å². The van der Waals surface area contributed by atoms with Gasteiger partial charge in [-0.25, -0.2) is 0 Å². The molecule has 1 aromatic rings. The Morgan fingerprint density at radius 1 is 1.23 bits per heavy atom. The van der Waals surface area contributed by atoms with Gasteiger partial charge in [0.2, 0.25) is 5.91 Å². The maximum absolute atomic E-state index is 12.7. The van der Waals surface area contributed by atoms with Gasteiger partial charge in [0.05, 0.1) is 0 Å². The van der Waals surface area contributed by atoms with Gasteiger partial charge >= 0.3 is 0 Å². The SMILES string of the molecule is C[C@@H]1CN(Cc2ccccc2)CCN1C(=O)[C@@H]1CC[C@H](N)C1. The molecule has 0 unspecified atom stereocenters. The minimum Gasteiger partial charge on any atom is -0.337 e. The van der Waals surface area contributed by atoms with Crippen molar-refractivity contribution in [2.45, 2.75) is 44.8 Å². The number of rotatable bonds is 3. The van der Waals surface area contributed by atoms with Crippen molar-refractivity contribution in [2.75, 3.05) is 19.6 Å².